The highest BCUT2D eigenvalue weighted by atomic mass is 32.2. The number of methoxy groups -OCH3 is 1. The highest BCUT2D eigenvalue weighted by Crippen LogP contribution is 2.36. The Balaban J connectivity index is 1.67. The number of thioether (sulfide) groups is 1. The van der Waals surface area contributed by atoms with Gasteiger partial charge in [0.25, 0.3) is 0 Å². The molecule has 0 radical (unpaired) electrons. The second kappa shape index (κ2) is 7.67. The van der Waals surface area contributed by atoms with Crippen LogP contribution in [-0.2, 0) is 0 Å². The Morgan fingerprint density at radius 2 is 1.93 bits per heavy atom. The number of fused-ring (bicyclic) bond motifs is 3. The molecule has 136 valence electrons. The van der Waals surface area contributed by atoms with Gasteiger partial charge in [-0.2, -0.15) is 4.98 Å². The lowest BCUT2D eigenvalue weighted by Gasteiger charge is -2.15. The molecule has 7 heteroatoms. The number of hydrogen-bond donors (Lipinski definition) is 1. The van der Waals surface area contributed by atoms with E-state index >= 15 is 0 Å². The number of anilines is 1. The van der Waals surface area contributed by atoms with Gasteiger partial charge >= 0.3 is 0 Å². The topological polar surface area (TPSA) is 69.2 Å². The first kappa shape index (κ1) is 17.4. The minimum absolute atomic E-state index is 0.388. The lowest BCUT2D eigenvalue weighted by molar-refractivity contribution is 0.266. The second-order valence-electron chi connectivity index (χ2n) is 5.81. The molecule has 0 bridgehead atoms. The number of hydrogen-bond acceptors (Lipinski definition) is 7. The molecule has 0 unspecified atom stereocenters. The van der Waals surface area contributed by atoms with Crippen molar-refractivity contribution in [2.24, 2.45) is 0 Å². The Labute approximate surface area is 161 Å². The summed E-state index contributed by atoms with van der Waals surface area (Å²) in [5.74, 6) is 1.29. The molecular weight excluding hydrogens is 360 g/mol. The van der Waals surface area contributed by atoms with E-state index in [9.17, 15) is 0 Å². The maximum absolute atomic E-state index is 6.10. The summed E-state index contributed by atoms with van der Waals surface area (Å²) in [5, 5.41) is 12.4. The Kier molecular flexibility index (Phi) is 4.93. The molecule has 27 heavy (non-hydrogen) atoms. The fourth-order valence-electron chi connectivity index (χ4n) is 2.75. The molecule has 3 aromatic rings. The van der Waals surface area contributed by atoms with Gasteiger partial charge in [-0.05, 0) is 36.1 Å². The molecule has 1 aliphatic heterocycles. The van der Waals surface area contributed by atoms with Gasteiger partial charge in [0.15, 0.2) is 11.9 Å². The van der Waals surface area contributed by atoms with E-state index < -0.39 is 0 Å². The highest BCUT2D eigenvalue weighted by Gasteiger charge is 2.23. The van der Waals surface area contributed by atoms with Crippen LogP contribution in [0.1, 0.15) is 5.56 Å². The van der Waals surface area contributed by atoms with E-state index in [2.05, 4.69) is 20.5 Å². The van der Waals surface area contributed by atoms with Crippen molar-refractivity contribution < 1.29 is 9.47 Å². The van der Waals surface area contributed by atoms with E-state index in [0.717, 1.165) is 22.6 Å². The van der Waals surface area contributed by atoms with Crippen molar-refractivity contribution in [2.75, 3.05) is 18.7 Å². The molecule has 1 aromatic heterocycles. The van der Waals surface area contributed by atoms with Crippen LogP contribution in [0, 0.1) is 0 Å². The van der Waals surface area contributed by atoms with Gasteiger partial charge in [0.1, 0.15) is 5.75 Å². The van der Waals surface area contributed by atoms with Crippen molar-refractivity contribution in [3.05, 3.63) is 60.2 Å². The normalized spacial score (nSPS) is 15.3. The van der Waals surface area contributed by atoms with Crippen molar-refractivity contribution in [1.29, 1.82) is 0 Å². The van der Waals surface area contributed by atoms with Crippen molar-refractivity contribution in [1.82, 2.24) is 15.2 Å². The first-order valence-electron chi connectivity index (χ1n) is 8.40. The van der Waals surface area contributed by atoms with Crippen LogP contribution in [0.5, 0.6) is 11.6 Å². The minimum Gasteiger partial charge on any atom is -0.497 e. The van der Waals surface area contributed by atoms with E-state index in [0.29, 0.717) is 16.7 Å². The van der Waals surface area contributed by atoms with Crippen molar-refractivity contribution in [2.45, 2.75) is 11.4 Å². The number of rotatable bonds is 4. The van der Waals surface area contributed by atoms with Crippen LogP contribution in [-0.4, -0.2) is 34.8 Å². The fourth-order valence-corrected chi connectivity index (χ4v) is 3.05. The molecule has 0 fully saturated rings. The lowest BCUT2D eigenvalue weighted by Crippen LogP contribution is -2.23. The predicted molar refractivity (Wildman–Crippen MR) is 107 cm³/mol. The summed E-state index contributed by atoms with van der Waals surface area (Å²) < 4.78 is 11.3. The van der Waals surface area contributed by atoms with Crippen LogP contribution in [0.2, 0.25) is 0 Å². The molecule has 1 atom stereocenters. The third-order valence-electron chi connectivity index (χ3n) is 4.12. The number of nitrogens with one attached hydrogen (secondary N) is 1. The summed E-state index contributed by atoms with van der Waals surface area (Å²) in [5.41, 5.74) is 3.52. The Hall–Kier alpha value is -3.06. The van der Waals surface area contributed by atoms with Crippen LogP contribution in [0.4, 0.5) is 5.69 Å². The van der Waals surface area contributed by atoms with Crippen LogP contribution in [0.3, 0.4) is 0 Å². The molecule has 0 saturated heterocycles. The first-order valence-corrected chi connectivity index (χ1v) is 9.63. The van der Waals surface area contributed by atoms with Crippen molar-refractivity contribution in [3.8, 4) is 22.9 Å². The summed E-state index contributed by atoms with van der Waals surface area (Å²) in [4.78, 5) is 4.50. The van der Waals surface area contributed by atoms with E-state index in [1.54, 1.807) is 7.11 Å². The molecule has 0 spiro atoms. The average Bonchev–Trinajstić information content (AvgIpc) is 2.88. The van der Waals surface area contributed by atoms with Crippen molar-refractivity contribution >= 4 is 23.5 Å². The summed E-state index contributed by atoms with van der Waals surface area (Å²) in [7, 11) is 1.65. The van der Waals surface area contributed by atoms with Gasteiger partial charge in [0.2, 0.25) is 11.0 Å². The fraction of sp³-hybridized carbons (Fsp3) is 0.150. The zero-order chi connectivity index (χ0) is 18.6. The average molecular weight is 378 g/mol. The van der Waals surface area contributed by atoms with Crippen molar-refractivity contribution in [3.63, 3.8) is 0 Å². The zero-order valence-electron chi connectivity index (χ0n) is 14.9. The summed E-state index contributed by atoms with van der Waals surface area (Å²) in [6, 6.07) is 15.7. The van der Waals surface area contributed by atoms with E-state index in [1.807, 2.05) is 66.9 Å². The first-order chi connectivity index (χ1) is 13.3. The smallest absolute Gasteiger partial charge is 0.247 e. The lowest BCUT2D eigenvalue weighted by atomic mass is 10.1. The minimum atomic E-state index is -0.388. The maximum Gasteiger partial charge on any atom is 0.247 e. The molecule has 2 heterocycles. The van der Waals surface area contributed by atoms with E-state index in [-0.39, 0.29) is 6.23 Å². The molecule has 0 amide bonds. The second-order valence-corrected chi connectivity index (χ2v) is 6.59. The third-order valence-corrected chi connectivity index (χ3v) is 4.65. The SMILES string of the molecule is COc1ccc(/C=C/[C@@H]2Nc3ccccc3-c3nnc(SC)nc3O2)cc1. The molecule has 1 N–H and O–H groups in total. The van der Waals surface area contributed by atoms with Gasteiger partial charge in [-0.3, -0.25) is 0 Å². The van der Waals surface area contributed by atoms with Gasteiger partial charge < -0.3 is 14.8 Å². The monoisotopic (exact) mass is 378 g/mol. The van der Waals surface area contributed by atoms with Gasteiger partial charge in [-0.15, -0.1) is 10.2 Å². The quantitative estimate of drug-likeness (QED) is 0.685. The van der Waals surface area contributed by atoms with Gasteiger partial charge in [0, 0.05) is 11.3 Å². The summed E-state index contributed by atoms with van der Waals surface area (Å²) in [6.07, 6.45) is 5.47. The summed E-state index contributed by atoms with van der Waals surface area (Å²) in [6.45, 7) is 0. The number of benzene rings is 2. The largest absolute Gasteiger partial charge is 0.497 e. The zero-order valence-corrected chi connectivity index (χ0v) is 15.7. The molecular formula is C20H18N4O2S. The standard InChI is InChI=1S/C20H18N4O2S/c1-25-14-10-7-13(8-11-14)9-12-17-21-16-6-4-3-5-15(16)18-19(26-17)22-20(27-2)24-23-18/h3-12,17,21H,1-2H3/b12-9+/t17-/m1/s1. The van der Waals surface area contributed by atoms with E-state index in [1.165, 1.54) is 11.8 Å². The predicted octanol–water partition coefficient (Wildman–Crippen LogP) is 4.11. The Morgan fingerprint density at radius 3 is 2.70 bits per heavy atom. The Morgan fingerprint density at radius 1 is 1.11 bits per heavy atom. The molecule has 4 rings (SSSR count). The van der Waals surface area contributed by atoms with Crippen LogP contribution in [0.15, 0.2) is 59.8 Å². The van der Waals surface area contributed by atoms with E-state index in [4.69, 9.17) is 9.47 Å². The Bertz CT molecular complexity index is 976. The van der Waals surface area contributed by atoms with Crippen LogP contribution in [0.25, 0.3) is 17.3 Å². The van der Waals surface area contributed by atoms with Crippen LogP contribution < -0.4 is 14.8 Å². The molecule has 2 aromatic carbocycles. The van der Waals surface area contributed by atoms with Gasteiger partial charge in [0.05, 0.1) is 7.11 Å². The molecule has 1 aliphatic rings. The van der Waals surface area contributed by atoms with Crippen LogP contribution >= 0.6 is 11.8 Å². The summed E-state index contributed by atoms with van der Waals surface area (Å²) >= 11 is 1.43. The number of ether oxygens (including phenoxy) is 2. The number of aromatic nitrogens is 3. The van der Waals surface area contributed by atoms with Gasteiger partial charge in [-0.1, -0.05) is 48.2 Å². The van der Waals surface area contributed by atoms with Gasteiger partial charge in [-0.25, -0.2) is 0 Å². The third kappa shape index (κ3) is 3.73. The molecule has 6 nitrogen and oxygen atoms in total. The molecule has 0 saturated carbocycles. The number of para-hydroxylation sites is 1. The molecule has 0 aliphatic carbocycles. The highest BCUT2D eigenvalue weighted by molar-refractivity contribution is 7.98. The maximum atomic E-state index is 6.10. The number of nitrogens with zero attached hydrogens (tertiary/aromatic N) is 3.